The average Bonchev–Trinajstić information content (AvgIpc) is 2.66. The molecule has 6 heteroatoms. The minimum Gasteiger partial charge on any atom is -0.442 e. The van der Waals surface area contributed by atoms with Gasteiger partial charge in [-0.15, -0.1) is 0 Å². The fourth-order valence-corrected chi connectivity index (χ4v) is 1.47. The number of aromatic nitrogens is 2. The topological polar surface area (TPSA) is 38.9 Å². The number of hydrogen-bond acceptors (Lipinski definition) is 3. The molecule has 0 aliphatic rings. The van der Waals surface area contributed by atoms with E-state index in [9.17, 15) is 0 Å². The highest BCUT2D eigenvalue weighted by Gasteiger charge is 2.10. The average molecular weight is 249 g/mol. The van der Waals surface area contributed by atoms with Crippen LogP contribution in [0.1, 0.15) is 0 Å². The molecule has 0 bridgehead atoms. The van der Waals surface area contributed by atoms with Crippen molar-refractivity contribution in [3.05, 3.63) is 33.9 Å². The van der Waals surface area contributed by atoms with Gasteiger partial charge in [-0.1, -0.05) is 34.8 Å². The number of hydrogen-bond donors (Lipinski definition) is 0. The minimum absolute atomic E-state index is 0.144. The second-order valence-electron chi connectivity index (χ2n) is 2.46. The van der Waals surface area contributed by atoms with Crippen LogP contribution in [-0.2, 0) is 0 Å². The lowest BCUT2D eigenvalue weighted by Crippen LogP contribution is -1.84. The highest BCUT2D eigenvalue weighted by Crippen LogP contribution is 2.31. The van der Waals surface area contributed by atoms with E-state index < -0.39 is 0 Å². The summed E-state index contributed by atoms with van der Waals surface area (Å²) in [6.07, 6.45) is 2.82. The van der Waals surface area contributed by atoms with E-state index in [1.807, 2.05) is 0 Å². The van der Waals surface area contributed by atoms with Crippen molar-refractivity contribution in [2.24, 2.45) is 0 Å². The van der Waals surface area contributed by atoms with Crippen LogP contribution in [-0.4, -0.2) is 9.97 Å². The molecule has 2 heterocycles. The second kappa shape index (κ2) is 3.77. The fraction of sp³-hybridized carbons (Fsp3) is 0. The summed E-state index contributed by atoms with van der Waals surface area (Å²) in [5.74, 6) is 0.491. The van der Waals surface area contributed by atoms with Crippen LogP contribution in [0.5, 0.6) is 0 Å². The molecule has 2 aromatic rings. The first-order valence-corrected chi connectivity index (χ1v) is 4.72. The maximum absolute atomic E-state index is 5.82. The van der Waals surface area contributed by atoms with Crippen molar-refractivity contribution in [3.63, 3.8) is 0 Å². The van der Waals surface area contributed by atoms with Gasteiger partial charge in [0, 0.05) is 0 Å². The summed E-state index contributed by atoms with van der Waals surface area (Å²) >= 11 is 17.3. The van der Waals surface area contributed by atoms with Crippen LogP contribution in [0.4, 0.5) is 0 Å². The van der Waals surface area contributed by atoms with Crippen LogP contribution in [0.15, 0.2) is 23.1 Å². The predicted molar refractivity (Wildman–Crippen MR) is 54.8 cm³/mol. The van der Waals surface area contributed by atoms with Crippen LogP contribution < -0.4 is 0 Å². The molecule has 0 unspecified atom stereocenters. The SMILES string of the molecule is Clc1cc(-c2cnco2)nc(Cl)c1Cl. The lowest BCUT2D eigenvalue weighted by atomic mass is 10.3. The molecule has 0 amide bonds. The lowest BCUT2D eigenvalue weighted by molar-refractivity contribution is 0.570. The molecular formula is C8H3Cl3N2O. The number of pyridine rings is 1. The van der Waals surface area contributed by atoms with Gasteiger partial charge in [0.05, 0.1) is 16.2 Å². The molecule has 0 N–H and O–H groups in total. The Kier molecular flexibility index (Phi) is 2.63. The van der Waals surface area contributed by atoms with Crippen LogP contribution in [0.25, 0.3) is 11.5 Å². The summed E-state index contributed by atoms with van der Waals surface area (Å²) in [5, 5.41) is 0.709. The van der Waals surface area contributed by atoms with Crippen molar-refractivity contribution in [3.8, 4) is 11.5 Å². The number of rotatable bonds is 1. The molecule has 2 aromatic heterocycles. The third-order valence-electron chi connectivity index (χ3n) is 1.56. The van der Waals surface area contributed by atoms with Gasteiger partial charge in [0.15, 0.2) is 12.2 Å². The minimum atomic E-state index is 0.144. The molecule has 72 valence electrons. The zero-order valence-electron chi connectivity index (χ0n) is 6.67. The third kappa shape index (κ3) is 1.71. The number of nitrogens with zero attached hydrogens (tertiary/aromatic N) is 2. The second-order valence-corrected chi connectivity index (χ2v) is 3.60. The van der Waals surface area contributed by atoms with Crippen LogP contribution in [0.3, 0.4) is 0 Å². The highest BCUT2D eigenvalue weighted by molar-refractivity contribution is 6.47. The summed E-state index contributed by atoms with van der Waals surface area (Å²) in [6.45, 7) is 0. The van der Waals surface area contributed by atoms with E-state index in [1.54, 1.807) is 6.07 Å². The molecule has 0 saturated heterocycles. The van der Waals surface area contributed by atoms with E-state index in [0.29, 0.717) is 16.5 Å². The van der Waals surface area contributed by atoms with Crippen molar-refractivity contribution in [2.75, 3.05) is 0 Å². The van der Waals surface area contributed by atoms with Gasteiger partial charge in [-0.05, 0) is 6.07 Å². The molecule has 0 atom stereocenters. The fourth-order valence-electron chi connectivity index (χ4n) is 0.938. The van der Waals surface area contributed by atoms with Gasteiger partial charge in [0.1, 0.15) is 10.8 Å². The van der Waals surface area contributed by atoms with E-state index in [0.717, 1.165) is 0 Å². The molecule has 0 aromatic carbocycles. The van der Waals surface area contributed by atoms with Gasteiger partial charge in [-0.25, -0.2) is 9.97 Å². The molecular weight excluding hydrogens is 246 g/mol. The van der Waals surface area contributed by atoms with Crippen LogP contribution >= 0.6 is 34.8 Å². The first-order valence-electron chi connectivity index (χ1n) is 3.59. The van der Waals surface area contributed by atoms with E-state index in [1.165, 1.54) is 12.6 Å². The van der Waals surface area contributed by atoms with Gasteiger partial charge < -0.3 is 4.42 Å². The maximum atomic E-state index is 5.82. The monoisotopic (exact) mass is 248 g/mol. The Balaban J connectivity index is 2.57. The zero-order chi connectivity index (χ0) is 10.1. The standard InChI is InChI=1S/C8H3Cl3N2O/c9-4-1-5(6-2-12-3-14-6)13-8(11)7(4)10/h1-3H. The van der Waals surface area contributed by atoms with E-state index in [4.69, 9.17) is 39.2 Å². The number of halogens is 3. The summed E-state index contributed by atoms with van der Waals surface area (Å²) in [7, 11) is 0. The summed E-state index contributed by atoms with van der Waals surface area (Å²) in [5.41, 5.74) is 0.502. The highest BCUT2D eigenvalue weighted by atomic mass is 35.5. The third-order valence-corrected chi connectivity index (χ3v) is 2.71. The largest absolute Gasteiger partial charge is 0.442 e. The van der Waals surface area contributed by atoms with Crippen molar-refractivity contribution in [2.45, 2.75) is 0 Å². The summed E-state index contributed by atoms with van der Waals surface area (Å²) in [6, 6.07) is 1.57. The van der Waals surface area contributed by atoms with Gasteiger partial charge >= 0.3 is 0 Å². The molecule has 3 nitrogen and oxygen atoms in total. The van der Waals surface area contributed by atoms with E-state index in [-0.39, 0.29) is 10.2 Å². The van der Waals surface area contributed by atoms with Crippen LogP contribution in [0.2, 0.25) is 15.2 Å². The molecule has 0 fully saturated rings. The molecule has 0 saturated carbocycles. The smallest absolute Gasteiger partial charge is 0.181 e. The first kappa shape index (κ1) is 9.77. The Hall–Kier alpha value is -0.770. The van der Waals surface area contributed by atoms with Gasteiger partial charge in [-0.3, -0.25) is 0 Å². The summed E-state index contributed by atoms with van der Waals surface area (Å²) in [4.78, 5) is 7.75. The van der Waals surface area contributed by atoms with Crippen molar-refractivity contribution in [1.29, 1.82) is 0 Å². The van der Waals surface area contributed by atoms with Gasteiger partial charge in [-0.2, -0.15) is 0 Å². The van der Waals surface area contributed by atoms with Gasteiger partial charge in [0.2, 0.25) is 0 Å². The molecule has 0 spiro atoms. The van der Waals surface area contributed by atoms with Crippen molar-refractivity contribution in [1.82, 2.24) is 9.97 Å². The number of oxazole rings is 1. The quantitative estimate of drug-likeness (QED) is 0.723. The van der Waals surface area contributed by atoms with Crippen molar-refractivity contribution >= 4 is 34.8 Å². The molecule has 0 aliphatic heterocycles. The Morgan fingerprint density at radius 1 is 1.21 bits per heavy atom. The van der Waals surface area contributed by atoms with Gasteiger partial charge in [0.25, 0.3) is 0 Å². The Bertz CT molecular complexity index is 433. The molecule has 0 radical (unpaired) electrons. The Labute approximate surface area is 94.6 Å². The molecule has 0 aliphatic carbocycles. The maximum Gasteiger partial charge on any atom is 0.181 e. The molecule has 14 heavy (non-hydrogen) atoms. The van der Waals surface area contributed by atoms with Crippen LogP contribution in [0, 0.1) is 0 Å². The van der Waals surface area contributed by atoms with E-state index >= 15 is 0 Å². The Morgan fingerprint density at radius 2 is 2.00 bits per heavy atom. The Morgan fingerprint density at radius 3 is 2.57 bits per heavy atom. The first-order chi connectivity index (χ1) is 6.68. The predicted octanol–water partition coefficient (Wildman–Crippen LogP) is 3.70. The lowest BCUT2D eigenvalue weighted by Gasteiger charge is -2.00. The zero-order valence-corrected chi connectivity index (χ0v) is 8.94. The van der Waals surface area contributed by atoms with E-state index in [2.05, 4.69) is 9.97 Å². The normalized spacial score (nSPS) is 10.5. The molecule has 2 rings (SSSR count). The summed E-state index contributed by atoms with van der Waals surface area (Å²) < 4.78 is 5.04. The van der Waals surface area contributed by atoms with Crippen molar-refractivity contribution < 1.29 is 4.42 Å².